The van der Waals surface area contributed by atoms with Crippen LogP contribution in [0.25, 0.3) is 0 Å². The van der Waals surface area contributed by atoms with Crippen molar-refractivity contribution in [3.8, 4) is 0 Å². The molecular weight excluding hydrogens is 362 g/mol. The van der Waals surface area contributed by atoms with Crippen LogP contribution in [0.2, 0.25) is 0 Å². The van der Waals surface area contributed by atoms with Crippen LogP contribution in [0.3, 0.4) is 0 Å². The highest BCUT2D eigenvalue weighted by Gasteiger charge is 2.23. The Bertz CT molecular complexity index is 514. The zero-order valence-corrected chi connectivity index (χ0v) is 17.6. The Morgan fingerprint density at radius 2 is 1.43 bits per heavy atom. The Kier molecular flexibility index (Phi) is 10.5. The normalized spacial score (nSPS) is 23.2. The van der Waals surface area contributed by atoms with Gasteiger partial charge in [0.2, 0.25) is 0 Å². The topological polar surface area (TPSA) is 104 Å². The van der Waals surface area contributed by atoms with Crippen LogP contribution in [0, 0.1) is 11.8 Å². The fraction of sp³-hybridized carbons (Fsp3) is 0.857. The van der Waals surface area contributed by atoms with Crippen LogP contribution in [-0.2, 0) is 19.1 Å². The number of rotatable bonds is 6. The summed E-state index contributed by atoms with van der Waals surface area (Å²) in [5.41, 5.74) is -0.519. The summed E-state index contributed by atoms with van der Waals surface area (Å²) in [5.74, 6) is -1.75. The lowest BCUT2D eigenvalue weighted by molar-refractivity contribution is -0.156. The third kappa shape index (κ3) is 12.0. The van der Waals surface area contributed by atoms with Gasteiger partial charge in [0.05, 0.1) is 6.54 Å². The van der Waals surface area contributed by atoms with E-state index in [9.17, 15) is 19.5 Å². The molecule has 1 rings (SSSR count). The number of carboxylic acid groups (broad SMARTS) is 2. The van der Waals surface area contributed by atoms with E-state index in [0.717, 1.165) is 38.6 Å². The second-order valence-electron chi connectivity index (χ2n) is 9.01. The zero-order valence-electron chi connectivity index (χ0n) is 17.6. The van der Waals surface area contributed by atoms with Crippen molar-refractivity contribution in [2.24, 2.45) is 11.8 Å². The molecule has 162 valence electrons. The van der Waals surface area contributed by atoms with Crippen molar-refractivity contribution >= 4 is 17.9 Å². The number of carbonyl (C=O) groups is 3. The Hall–Kier alpha value is -1.63. The van der Waals surface area contributed by atoms with Crippen molar-refractivity contribution in [3.63, 3.8) is 0 Å². The third-order valence-electron chi connectivity index (χ3n) is 5.12. The molecule has 28 heavy (non-hydrogen) atoms. The summed E-state index contributed by atoms with van der Waals surface area (Å²) in [5, 5.41) is 18.3. The van der Waals surface area contributed by atoms with Crippen molar-refractivity contribution in [1.29, 1.82) is 0 Å². The Morgan fingerprint density at radius 1 is 0.857 bits per heavy atom. The summed E-state index contributed by atoms with van der Waals surface area (Å²) in [4.78, 5) is 36.6. The highest BCUT2D eigenvalue weighted by atomic mass is 16.6. The molecule has 0 radical (unpaired) electrons. The first-order valence-corrected chi connectivity index (χ1v) is 10.4. The molecule has 1 fully saturated rings. The minimum atomic E-state index is -0.828. The lowest BCUT2D eigenvalue weighted by Gasteiger charge is -2.27. The number of hydrogen-bond acceptors (Lipinski definition) is 5. The molecule has 0 aromatic rings. The highest BCUT2D eigenvalue weighted by Crippen LogP contribution is 2.26. The number of nitrogens with zero attached hydrogens (tertiary/aromatic N) is 1. The fourth-order valence-corrected chi connectivity index (χ4v) is 3.80. The maximum Gasteiger partial charge on any atom is 0.320 e. The standard InChI is InChI=1S/C21H37NO6/c1-21(2,3)28-20(27)15-22-11-6-4-5-7-16(13-18(23)24)8-9-17(10-12-22)14-19(25)26/h16-17H,4-15H2,1-3H3,(H,23,24)(H,25,26). The zero-order chi connectivity index (χ0) is 21.2. The second-order valence-corrected chi connectivity index (χ2v) is 9.01. The van der Waals surface area contributed by atoms with Crippen LogP contribution >= 0.6 is 0 Å². The van der Waals surface area contributed by atoms with Gasteiger partial charge >= 0.3 is 17.9 Å². The first-order valence-electron chi connectivity index (χ1n) is 10.4. The molecule has 2 N–H and O–H groups in total. The number of carbonyl (C=O) groups excluding carboxylic acids is 1. The Morgan fingerprint density at radius 3 is 1.96 bits per heavy atom. The molecule has 0 spiro atoms. The smallest absolute Gasteiger partial charge is 0.320 e. The predicted molar refractivity (Wildman–Crippen MR) is 106 cm³/mol. The Labute approximate surface area is 168 Å². The van der Waals surface area contributed by atoms with E-state index in [4.69, 9.17) is 9.84 Å². The van der Waals surface area contributed by atoms with Crippen molar-refractivity contribution in [2.75, 3.05) is 19.6 Å². The molecule has 2 atom stereocenters. The van der Waals surface area contributed by atoms with E-state index in [-0.39, 0.29) is 37.2 Å². The van der Waals surface area contributed by atoms with Crippen molar-refractivity contribution in [1.82, 2.24) is 4.90 Å². The van der Waals surface area contributed by atoms with Crippen molar-refractivity contribution in [3.05, 3.63) is 0 Å². The third-order valence-corrected chi connectivity index (χ3v) is 5.12. The van der Waals surface area contributed by atoms with Crippen LogP contribution in [0.5, 0.6) is 0 Å². The maximum absolute atomic E-state index is 12.2. The first kappa shape index (κ1) is 24.4. The largest absolute Gasteiger partial charge is 0.481 e. The van der Waals surface area contributed by atoms with Gasteiger partial charge in [-0.05, 0) is 77.8 Å². The number of esters is 1. The SMILES string of the molecule is CC(C)(C)OC(=O)CN1CCCCCC(CC(=O)O)CCC(CC(=O)O)CC1. The monoisotopic (exact) mass is 399 g/mol. The van der Waals surface area contributed by atoms with Gasteiger partial charge in [-0.25, -0.2) is 0 Å². The molecule has 0 bridgehead atoms. The molecule has 0 saturated carbocycles. The van der Waals surface area contributed by atoms with Crippen molar-refractivity contribution in [2.45, 2.75) is 84.2 Å². The minimum absolute atomic E-state index is 0.00522. The second kappa shape index (κ2) is 12.0. The van der Waals surface area contributed by atoms with E-state index >= 15 is 0 Å². The maximum atomic E-state index is 12.2. The molecular formula is C21H37NO6. The van der Waals surface area contributed by atoms with Crippen LogP contribution in [0.4, 0.5) is 0 Å². The van der Waals surface area contributed by atoms with Crippen molar-refractivity contribution < 1.29 is 29.3 Å². The van der Waals surface area contributed by atoms with E-state index in [0.29, 0.717) is 19.4 Å². The molecule has 2 unspecified atom stereocenters. The van der Waals surface area contributed by atoms with Gasteiger partial charge in [-0.15, -0.1) is 0 Å². The molecule has 1 saturated heterocycles. The van der Waals surface area contributed by atoms with Gasteiger partial charge in [0.15, 0.2) is 0 Å². The average molecular weight is 400 g/mol. The van der Waals surface area contributed by atoms with Gasteiger partial charge in [0.25, 0.3) is 0 Å². The summed E-state index contributed by atoms with van der Waals surface area (Å²) in [6.45, 7) is 7.18. The highest BCUT2D eigenvalue weighted by molar-refractivity contribution is 5.72. The first-order chi connectivity index (χ1) is 13.0. The average Bonchev–Trinajstić information content (AvgIpc) is 2.52. The number of hydrogen-bond donors (Lipinski definition) is 2. The van der Waals surface area contributed by atoms with E-state index in [1.165, 1.54) is 0 Å². The molecule has 1 aliphatic rings. The lowest BCUT2D eigenvalue weighted by Crippen LogP contribution is -2.37. The number of aliphatic carboxylic acids is 2. The van der Waals surface area contributed by atoms with E-state index in [2.05, 4.69) is 4.90 Å². The van der Waals surface area contributed by atoms with Gasteiger partial charge in [-0.2, -0.15) is 0 Å². The summed E-state index contributed by atoms with van der Waals surface area (Å²) in [7, 11) is 0. The quantitative estimate of drug-likeness (QED) is 0.658. The summed E-state index contributed by atoms with van der Waals surface area (Å²) >= 11 is 0. The van der Waals surface area contributed by atoms with E-state index < -0.39 is 17.5 Å². The van der Waals surface area contributed by atoms with Gasteiger partial charge < -0.3 is 14.9 Å². The molecule has 1 heterocycles. The molecule has 0 aliphatic carbocycles. The molecule has 0 aromatic carbocycles. The van der Waals surface area contributed by atoms with E-state index in [1.54, 1.807) is 0 Å². The molecule has 0 aromatic heterocycles. The van der Waals surface area contributed by atoms with Crippen LogP contribution in [0.1, 0.15) is 78.6 Å². The fourth-order valence-electron chi connectivity index (χ4n) is 3.80. The van der Waals surface area contributed by atoms with Crippen LogP contribution in [0.15, 0.2) is 0 Å². The van der Waals surface area contributed by atoms with E-state index in [1.807, 2.05) is 20.8 Å². The predicted octanol–water partition coefficient (Wildman–Crippen LogP) is 3.56. The van der Waals surface area contributed by atoms with Gasteiger partial charge in [0.1, 0.15) is 5.60 Å². The minimum Gasteiger partial charge on any atom is -0.481 e. The van der Waals surface area contributed by atoms with Crippen LogP contribution < -0.4 is 0 Å². The van der Waals surface area contributed by atoms with Gasteiger partial charge in [0, 0.05) is 12.8 Å². The Balaban J connectivity index is 2.71. The molecule has 1 aliphatic heterocycles. The molecule has 7 heteroatoms. The number of carboxylic acids is 2. The number of ether oxygens (including phenoxy) is 1. The summed E-state index contributed by atoms with van der Waals surface area (Å²) in [6, 6.07) is 0. The van der Waals surface area contributed by atoms with Crippen LogP contribution in [-0.4, -0.2) is 58.3 Å². The van der Waals surface area contributed by atoms with Gasteiger partial charge in [-0.1, -0.05) is 12.8 Å². The molecule has 0 amide bonds. The molecule has 7 nitrogen and oxygen atoms in total. The lowest BCUT2D eigenvalue weighted by atomic mass is 9.86. The summed E-state index contributed by atoms with van der Waals surface area (Å²) in [6.07, 6.45) is 6.14. The van der Waals surface area contributed by atoms with Gasteiger partial charge in [-0.3, -0.25) is 19.3 Å². The summed E-state index contributed by atoms with van der Waals surface area (Å²) < 4.78 is 5.43.